The third-order valence-corrected chi connectivity index (χ3v) is 2.32. The lowest BCUT2D eigenvalue weighted by Crippen LogP contribution is -2.28. The molecule has 0 spiro atoms. The molecule has 0 fully saturated rings. The molecular weight excluding hydrogens is 185 g/mol. The van der Waals surface area contributed by atoms with Crippen molar-refractivity contribution < 1.29 is 14.6 Å². The summed E-state index contributed by atoms with van der Waals surface area (Å²) >= 11 is 0. The average molecular weight is 193 g/mol. The highest BCUT2D eigenvalue weighted by Crippen LogP contribution is 2.24. The largest absolute Gasteiger partial charge is 0.492 e. The van der Waals surface area contributed by atoms with Gasteiger partial charge in [0.25, 0.3) is 5.69 Å². The molecule has 1 heterocycles. The van der Waals surface area contributed by atoms with Gasteiger partial charge in [-0.1, -0.05) is 6.07 Å². The van der Waals surface area contributed by atoms with Gasteiger partial charge in [-0.05, 0) is 17.9 Å². The molecular formula is C8H8BNO4. The van der Waals surface area contributed by atoms with Gasteiger partial charge >= 0.3 is 7.12 Å². The zero-order valence-electron chi connectivity index (χ0n) is 7.51. The standard InChI is InChI=1S/C8H8BNO4/c1-5-7-3-2-6(10(12)13)4-8(7)9(11)14-5/h2-5,11H,1H3. The molecule has 0 bridgehead atoms. The summed E-state index contributed by atoms with van der Waals surface area (Å²) in [4.78, 5) is 9.98. The molecule has 0 aromatic heterocycles. The van der Waals surface area contributed by atoms with E-state index in [1.165, 1.54) is 12.1 Å². The first-order chi connectivity index (χ1) is 6.59. The molecule has 0 amide bonds. The third-order valence-electron chi connectivity index (χ3n) is 2.32. The fourth-order valence-electron chi connectivity index (χ4n) is 1.60. The Morgan fingerprint density at radius 2 is 2.36 bits per heavy atom. The van der Waals surface area contributed by atoms with Gasteiger partial charge in [-0.25, -0.2) is 0 Å². The Morgan fingerprint density at radius 3 is 3.00 bits per heavy atom. The molecule has 1 aromatic carbocycles. The quantitative estimate of drug-likeness (QED) is 0.397. The Morgan fingerprint density at radius 1 is 1.64 bits per heavy atom. The van der Waals surface area contributed by atoms with Crippen molar-refractivity contribution in [2.75, 3.05) is 0 Å². The van der Waals surface area contributed by atoms with Gasteiger partial charge in [-0.15, -0.1) is 0 Å². The Balaban J connectivity index is 2.50. The molecule has 2 rings (SSSR count). The number of non-ortho nitro benzene ring substituents is 1. The highest BCUT2D eigenvalue weighted by Gasteiger charge is 2.33. The minimum atomic E-state index is -1.04. The Labute approximate surface area is 80.6 Å². The van der Waals surface area contributed by atoms with Gasteiger partial charge in [-0.3, -0.25) is 10.1 Å². The maximum atomic E-state index is 10.5. The highest BCUT2D eigenvalue weighted by atomic mass is 16.6. The smallest absolute Gasteiger partial charge is 0.423 e. The molecule has 6 heteroatoms. The van der Waals surface area contributed by atoms with Crippen LogP contribution in [0.5, 0.6) is 0 Å². The fourth-order valence-corrected chi connectivity index (χ4v) is 1.60. The summed E-state index contributed by atoms with van der Waals surface area (Å²) in [5.41, 5.74) is 1.27. The van der Waals surface area contributed by atoms with Crippen molar-refractivity contribution in [1.82, 2.24) is 0 Å². The number of rotatable bonds is 1. The van der Waals surface area contributed by atoms with Crippen LogP contribution in [0.4, 0.5) is 5.69 Å². The van der Waals surface area contributed by atoms with Gasteiger partial charge < -0.3 is 9.68 Å². The molecule has 1 aliphatic heterocycles. The van der Waals surface area contributed by atoms with Crippen LogP contribution in [0.2, 0.25) is 0 Å². The van der Waals surface area contributed by atoms with Crippen molar-refractivity contribution in [3.63, 3.8) is 0 Å². The van der Waals surface area contributed by atoms with E-state index in [9.17, 15) is 15.1 Å². The van der Waals surface area contributed by atoms with E-state index < -0.39 is 12.0 Å². The number of hydrogen-bond donors (Lipinski definition) is 1. The maximum Gasteiger partial charge on any atom is 0.492 e. The number of benzene rings is 1. The summed E-state index contributed by atoms with van der Waals surface area (Å²) < 4.78 is 5.10. The molecule has 1 unspecified atom stereocenters. The average Bonchev–Trinajstić information content (AvgIpc) is 2.42. The van der Waals surface area contributed by atoms with E-state index in [2.05, 4.69) is 0 Å². The summed E-state index contributed by atoms with van der Waals surface area (Å²) in [6.07, 6.45) is -0.208. The van der Waals surface area contributed by atoms with Gasteiger partial charge in [0.05, 0.1) is 11.0 Å². The Hall–Kier alpha value is -1.40. The number of nitro benzene ring substituents is 1. The summed E-state index contributed by atoms with van der Waals surface area (Å²) in [7, 11) is -1.04. The number of hydrogen-bond acceptors (Lipinski definition) is 4. The van der Waals surface area contributed by atoms with Crippen molar-refractivity contribution in [2.45, 2.75) is 13.0 Å². The van der Waals surface area contributed by atoms with Crippen LogP contribution < -0.4 is 5.46 Å². The molecule has 0 radical (unpaired) electrons. The van der Waals surface area contributed by atoms with Crippen LogP contribution in [0, 0.1) is 10.1 Å². The minimum absolute atomic E-state index is 0.0273. The second-order valence-electron chi connectivity index (χ2n) is 3.20. The van der Waals surface area contributed by atoms with Crippen LogP contribution in [-0.2, 0) is 4.65 Å². The number of fused-ring (bicyclic) bond motifs is 1. The van der Waals surface area contributed by atoms with Gasteiger partial charge in [0.15, 0.2) is 0 Å². The normalized spacial score (nSPS) is 19.6. The Kier molecular flexibility index (Phi) is 2.01. The third kappa shape index (κ3) is 1.28. The molecule has 0 aliphatic carbocycles. The maximum absolute atomic E-state index is 10.5. The van der Waals surface area contributed by atoms with Crippen molar-refractivity contribution in [3.05, 3.63) is 33.9 Å². The molecule has 0 saturated heterocycles. The van der Waals surface area contributed by atoms with Crippen LogP contribution in [0.3, 0.4) is 0 Å². The van der Waals surface area contributed by atoms with Crippen molar-refractivity contribution in [1.29, 1.82) is 0 Å². The van der Waals surface area contributed by atoms with Gasteiger partial charge in [0.2, 0.25) is 0 Å². The second-order valence-corrected chi connectivity index (χ2v) is 3.20. The SMILES string of the molecule is CC1OB(O)c2cc([N+](=O)[O-])ccc21. The fraction of sp³-hybridized carbons (Fsp3) is 0.250. The topological polar surface area (TPSA) is 72.6 Å². The lowest BCUT2D eigenvalue weighted by molar-refractivity contribution is -0.384. The molecule has 72 valence electrons. The summed E-state index contributed by atoms with van der Waals surface area (Å²) in [6.45, 7) is 1.79. The predicted octanol–water partition coefficient (Wildman–Crippen LogP) is 0.373. The van der Waals surface area contributed by atoms with Crippen LogP contribution >= 0.6 is 0 Å². The van der Waals surface area contributed by atoms with E-state index in [0.29, 0.717) is 5.46 Å². The lowest BCUT2D eigenvalue weighted by atomic mass is 9.79. The first-order valence-electron chi connectivity index (χ1n) is 4.21. The van der Waals surface area contributed by atoms with E-state index in [4.69, 9.17) is 4.65 Å². The molecule has 0 saturated carbocycles. The second kappa shape index (κ2) is 3.07. The van der Waals surface area contributed by atoms with Crippen molar-refractivity contribution in [3.8, 4) is 0 Å². The monoisotopic (exact) mass is 193 g/mol. The van der Waals surface area contributed by atoms with E-state index in [0.717, 1.165) is 5.56 Å². The van der Waals surface area contributed by atoms with Crippen LogP contribution in [-0.4, -0.2) is 17.1 Å². The summed E-state index contributed by atoms with van der Waals surface area (Å²) in [6, 6.07) is 4.38. The zero-order chi connectivity index (χ0) is 10.3. The Bertz CT molecular complexity index is 395. The van der Waals surface area contributed by atoms with Gasteiger partial charge in [0.1, 0.15) is 0 Å². The van der Waals surface area contributed by atoms with Crippen molar-refractivity contribution >= 4 is 18.3 Å². The predicted molar refractivity (Wildman–Crippen MR) is 50.2 cm³/mol. The van der Waals surface area contributed by atoms with Gasteiger partial charge in [-0.2, -0.15) is 0 Å². The molecule has 1 aliphatic rings. The number of nitrogens with zero attached hydrogens (tertiary/aromatic N) is 1. The van der Waals surface area contributed by atoms with E-state index in [-0.39, 0.29) is 11.8 Å². The molecule has 5 nitrogen and oxygen atoms in total. The summed E-state index contributed by atoms with van der Waals surface area (Å²) in [5, 5.41) is 19.9. The molecule has 1 atom stereocenters. The first-order valence-corrected chi connectivity index (χ1v) is 4.21. The van der Waals surface area contributed by atoms with E-state index >= 15 is 0 Å². The molecule has 1 N–H and O–H groups in total. The van der Waals surface area contributed by atoms with Crippen LogP contribution in [0.15, 0.2) is 18.2 Å². The van der Waals surface area contributed by atoms with Crippen LogP contribution in [0.1, 0.15) is 18.6 Å². The highest BCUT2D eigenvalue weighted by molar-refractivity contribution is 6.61. The van der Waals surface area contributed by atoms with Crippen molar-refractivity contribution in [2.24, 2.45) is 0 Å². The van der Waals surface area contributed by atoms with Crippen LogP contribution in [0.25, 0.3) is 0 Å². The van der Waals surface area contributed by atoms with Gasteiger partial charge in [0, 0.05) is 12.1 Å². The zero-order valence-corrected chi connectivity index (χ0v) is 7.51. The molecule has 14 heavy (non-hydrogen) atoms. The van der Waals surface area contributed by atoms with E-state index in [1.807, 2.05) is 0 Å². The summed E-state index contributed by atoms with van der Waals surface area (Å²) in [5.74, 6) is 0. The first kappa shape index (κ1) is 9.17. The number of nitro groups is 1. The minimum Gasteiger partial charge on any atom is -0.423 e. The van der Waals surface area contributed by atoms with E-state index in [1.54, 1.807) is 13.0 Å². The molecule has 1 aromatic rings. The lowest BCUT2D eigenvalue weighted by Gasteiger charge is -2.02.